The fraction of sp³-hybridized carbons (Fsp3) is 0.400. The number of halogens is 3. The van der Waals surface area contributed by atoms with Gasteiger partial charge in [0.1, 0.15) is 5.82 Å². The average molecular weight is 524 g/mol. The molecule has 0 fully saturated rings. The van der Waals surface area contributed by atoms with E-state index in [1.54, 1.807) is 34.9 Å². The molecule has 1 amide bonds. The van der Waals surface area contributed by atoms with E-state index in [1.165, 1.54) is 23.9 Å². The van der Waals surface area contributed by atoms with Crippen LogP contribution in [-0.4, -0.2) is 20.7 Å². The van der Waals surface area contributed by atoms with E-state index in [2.05, 4.69) is 43.2 Å². The van der Waals surface area contributed by atoms with Gasteiger partial charge in [0.25, 0.3) is 0 Å². The molecule has 0 spiro atoms. The molecule has 0 aliphatic carbocycles. The summed E-state index contributed by atoms with van der Waals surface area (Å²) in [7, 11) is 0. The molecule has 1 unspecified atom stereocenters. The first-order valence-electron chi connectivity index (χ1n) is 11.1. The smallest absolute Gasteiger partial charge is 0.220 e. The van der Waals surface area contributed by atoms with E-state index in [0.29, 0.717) is 38.9 Å². The Kier molecular flexibility index (Phi) is 9.01. The van der Waals surface area contributed by atoms with Gasteiger partial charge in [-0.15, -0.1) is 10.2 Å². The Morgan fingerprint density at radius 3 is 2.53 bits per heavy atom. The van der Waals surface area contributed by atoms with Crippen molar-refractivity contribution in [3.63, 3.8) is 0 Å². The molecule has 182 valence electrons. The number of hydrogen-bond acceptors (Lipinski definition) is 4. The van der Waals surface area contributed by atoms with Crippen LogP contribution in [0.4, 0.5) is 4.39 Å². The molecular formula is C25H29Cl2FN4OS. The van der Waals surface area contributed by atoms with Gasteiger partial charge in [0.2, 0.25) is 5.91 Å². The summed E-state index contributed by atoms with van der Waals surface area (Å²) in [6.07, 6.45) is 1.40. The molecule has 9 heteroatoms. The molecule has 0 aliphatic rings. The predicted molar refractivity (Wildman–Crippen MR) is 137 cm³/mol. The number of nitrogens with zero attached hydrogens (tertiary/aromatic N) is 3. The van der Waals surface area contributed by atoms with Gasteiger partial charge in [-0.05, 0) is 53.6 Å². The van der Waals surface area contributed by atoms with Crippen LogP contribution in [0.15, 0.2) is 47.6 Å². The van der Waals surface area contributed by atoms with E-state index in [-0.39, 0.29) is 29.6 Å². The van der Waals surface area contributed by atoms with Crippen LogP contribution in [0.25, 0.3) is 5.69 Å². The molecule has 0 radical (unpaired) electrons. The van der Waals surface area contributed by atoms with E-state index in [4.69, 9.17) is 23.2 Å². The van der Waals surface area contributed by atoms with Crippen molar-refractivity contribution in [3.05, 3.63) is 69.7 Å². The van der Waals surface area contributed by atoms with Gasteiger partial charge >= 0.3 is 0 Å². The number of carbonyl (C=O) groups excluding carboxylic acids is 1. The van der Waals surface area contributed by atoms with E-state index in [9.17, 15) is 9.18 Å². The zero-order valence-electron chi connectivity index (χ0n) is 19.7. The number of aromatic nitrogens is 3. The number of rotatable bonds is 9. The maximum atomic E-state index is 13.2. The predicted octanol–water partition coefficient (Wildman–Crippen LogP) is 7.08. The molecule has 3 rings (SSSR count). The van der Waals surface area contributed by atoms with Crippen molar-refractivity contribution in [2.75, 3.05) is 0 Å². The Morgan fingerprint density at radius 1 is 1.15 bits per heavy atom. The maximum Gasteiger partial charge on any atom is 0.220 e. The summed E-state index contributed by atoms with van der Waals surface area (Å²) < 4.78 is 15.0. The third-order valence-corrected chi connectivity index (χ3v) is 6.62. The Bertz CT molecular complexity index is 1130. The fourth-order valence-corrected chi connectivity index (χ4v) is 5.11. The minimum atomic E-state index is -0.280. The van der Waals surface area contributed by atoms with E-state index < -0.39 is 0 Å². The number of nitrogens with one attached hydrogen (secondary N) is 1. The molecule has 0 saturated heterocycles. The summed E-state index contributed by atoms with van der Waals surface area (Å²) in [6.45, 7) is 8.80. The lowest BCUT2D eigenvalue weighted by atomic mass is 9.84. The molecule has 3 aromatic rings. The Balaban J connectivity index is 1.79. The molecule has 1 atom stereocenters. The van der Waals surface area contributed by atoms with Crippen LogP contribution in [0.3, 0.4) is 0 Å². The second-order valence-electron chi connectivity index (χ2n) is 9.60. The number of amides is 1. The second kappa shape index (κ2) is 11.6. The van der Waals surface area contributed by atoms with Crippen molar-refractivity contribution in [2.24, 2.45) is 11.3 Å². The van der Waals surface area contributed by atoms with Crippen LogP contribution in [-0.2, 0) is 17.1 Å². The highest BCUT2D eigenvalue weighted by atomic mass is 35.5. The van der Waals surface area contributed by atoms with Crippen LogP contribution >= 0.6 is 35.0 Å². The van der Waals surface area contributed by atoms with Gasteiger partial charge in [-0.3, -0.25) is 9.36 Å². The van der Waals surface area contributed by atoms with Crippen LogP contribution in [0, 0.1) is 17.2 Å². The lowest BCUT2D eigenvalue weighted by molar-refractivity contribution is -0.122. The summed E-state index contributed by atoms with van der Waals surface area (Å²) in [4.78, 5) is 12.6. The third kappa shape index (κ3) is 7.72. The average Bonchev–Trinajstić information content (AvgIpc) is 3.14. The molecular weight excluding hydrogens is 494 g/mol. The molecule has 1 aromatic heterocycles. The second-order valence-corrected chi connectivity index (χ2v) is 11.4. The van der Waals surface area contributed by atoms with E-state index in [1.807, 2.05) is 0 Å². The Hall–Kier alpha value is -2.09. The topological polar surface area (TPSA) is 59.8 Å². The minimum absolute atomic E-state index is 0.0380. The quantitative estimate of drug-likeness (QED) is 0.305. The zero-order valence-corrected chi connectivity index (χ0v) is 22.1. The van der Waals surface area contributed by atoms with Gasteiger partial charge in [-0.1, -0.05) is 74.8 Å². The standard InChI is InChI=1S/C25H29Cl2FN4OS/c1-16(13-25(2,3)4)11-23(33)29-14-22-30-31-24(34-15-17-5-8-19(28)9-6-17)32(22)21-12-18(26)7-10-20(21)27/h5-10,12,16H,11,13-15H2,1-4H3,(H,29,33). The van der Waals surface area contributed by atoms with Gasteiger partial charge in [0.05, 0.1) is 17.3 Å². The molecule has 1 N–H and O–H groups in total. The number of thioether (sulfide) groups is 1. The molecule has 0 aliphatic heterocycles. The highest BCUT2D eigenvalue weighted by molar-refractivity contribution is 7.98. The van der Waals surface area contributed by atoms with Crippen molar-refractivity contribution in [2.45, 2.75) is 58.0 Å². The molecule has 34 heavy (non-hydrogen) atoms. The molecule has 0 saturated carbocycles. The summed E-state index contributed by atoms with van der Waals surface area (Å²) in [5, 5.41) is 13.2. The Morgan fingerprint density at radius 2 is 1.85 bits per heavy atom. The maximum absolute atomic E-state index is 13.2. The van der Waals surface area contributed by atoms with Gasteiger partial charge in [0, 0.05) is 17.2 Å². The summed E-state index contributed by atoms with van der Waals surface area (Å²) in [5.41, 5.74) is 1.74. The summed E-state index contributed by atoms with van der Waals surface area (Å²) in [5.74, 6) is 1.05. The van der Waals surface area contributed by atoms with Crippen LogP contribution < -0.4 is 5.32 Å². The van der Waals surface area contributed by atoms with Crippen molar-refractivity contribution in [1.29, 1.82) is 0 Å². The Labute approximate surface area is 214 Å². The highest BCUT2D eigenvalue weighted by Gasteiger charge is 2.20. The first-order chi connectivity index (χ1) is 16.0. The molecule has 2 aromatic carbocycles. The molecule has 0 bridgehead atoms. The van der Waals surface area contributed by atoms with Crippen molar-refractivity contribution in [3.8, 4) is 5.69 Å². The number of carbonyl (C=O) groups is 1. The van der Waals surface area contributed by atoms with Crippen molar-refractivity contribution in [1.82, 2.24) is 20.1 Å². The van der Waals surface area contributed by atoms with Crippen molar-refractivity contribution < 1.29 is 9.18 Å². The first-order valence-corrected chi connectivity index (χ1v) is 12.8. The van der Waals surface area contributed by atoms with Crippen LogP contribution in [0.2, 0.25) is 10.0 Å². The zero-order chi connectivity index (χ0) is 24.9. The van der Waals surface area contributed by atoms with Crippen LogP contribution in [0.1, 0.15) is 51.9 Å². The lowest BCUT2D eigenvalue weighted by Crippen LogP contribution is -2.27. The van der Waals surface area contributed by atoms with Crippen molar-refractivity contribution >= 4 is 40.9 Å². The summed E-state index contributed by atoms with van der Waals surface area (Å²) in [6, 6.07) is 11.5. The number of benzene rings is 2. The van der Waals surface area contributed by atoms with Gasteiger partial charge in [-0.25, -0.2) is 4.39 Å². The monoisotopic (exact) mass is 522 g/mol. The highest BCUT2D eigenvalue weighted by Crippen LogP contribution is 2.31. The SMILES string of the molecule is CC(CC(=O)NCc1nnc(SCc2ccc(F)cc2)n1-c1cc(Cl)ccc1Cl)CC(C)(C)C. The third-order valence-electron chi connectivity index (χ3n) is 5.07. The van der Waals surface area contributed by atoms with Gasteiger partial charge in [-0.2, -0.15) is 0 Å². The van der Waals surface area contributed by atoms with Gasteiger partial charge < -0.3 is 5.32 Å². The van der Waals surface area contributed by atoms with E-state index >= 15 is 0 Å². The molecule has 1 heterocycles. The fourth-order valence-electron chi connectivity index (χ4n) is 3.82. The normalized spacial score (nSPS) is 12.6. The first kappa shape index (κ1) is 26.5. The minimum Gasteiger partial charge on any atom is -0.349 e. The summed E-state index contributed by atoms with van der Waals surface area (Å²) >= 11 is 14.2. The molecule has 5 nitrogen and oxygen atoms in total. The lowest BCUT2D eigenvalue weighted by Gasteiger charge is -2.22. The largest absolute Gasteiger partial charge is 0.349 e. The van der Waals surface area contributed by atoms with E-state index in [0.717, 1.165) is 12.0 Å². The van der Waals surface area contributed by atoms with Gasteiger partial charge in [0.15, 0.2) is 11.0 Å². The number of hydrogen-bond donors (Lipinski definition) is 1. The van der Waals surface area contributed by atoms with Crippen LogP contribution in [0.5, 0.6) is 0 Å².